The molecule has 2 saturated heterocycles. The van der Waals surface area contributed by atoms with Crippen molar-refractivity contribution in [3.8, 4) is 11.1 Å². The largest absolute Gasteiger partial charge is 0.394 e. The lowest BCUT2D eigenvalue weighted by Crippen LogP contribution is -2.73. The average molecular weight is 428 g/mol. The maximum Gasteiger partial charge on any atom is 0.254 e. The molecular formula is C26H25N3O3. The molecule has 3 aromatic rings. The quantitative estimate of drug-likeness (QED) is 0.695. The second kappa shape index (κ2) is 8.20. The fourth-order valence-corrected chi connectivity index (χ4v) is 4.98. The van der Waals surface area contributed by atoms with Crippen molar-refractivity contribution in [3.63, 3.8) is 0 Å². The molecular weight excluding hydrogens is 402 g/mol. The van der Waals surface area contributed by atoms with E-state index in [-0.39, 0.29) is 43.0 Å². The minimum Gasteiger partial charge on any atom is -0.394 e. The first kappa shape index (κ1) is 20.4. The van der Waals surface area contributed by atoms with Crippen LogP contribution in [0.3, 0.4) is 0 Å². The number of nitrogens with zero attached hydrogens (tertiary/aromatic N) is 3. The summed E-state index contributed by atoms with van der Waals surface area (Å²) in [6, 6.07) is 19.7. The molecule has 0 unspecified atom stereocenters. The summed E-state index contributed by atoms with van der Waals surface area (Å²) < 4.78 is 0. The summed E-state index contributed by atoms with van der Waals surface area (Å²) in [4.78, 5) is 33.1. The molecule has 2 aliphatic heterocycles. The van der Waals surface area contributed by atoms with E-state index in [1.54, 1.807) is 34.3 Å². The number of fused-ring (bicyclic) bond motifs is 1. The van der Waals surface area contributed by atoms with Gasteiger partial charge in [0, 0.05) is 30.4 Å². The van der Waals surface area contributed by atoms with Gasteiger partial charge in [-0.2, -0.15) is 0 Å². The number of amides is 2. The van der Waals surface area contributed by atoms with Crippen LogP contribution in [0.15, 0.2) is 73.1 Å². The summed E-state index contributed by atoms with van der Waals surface area (Å²) in [7, 11) is 0. The molecule has 1 N–H and O–H groups in total. The molecule has 5 rings (SSSR count). The number of aliphatic hydroxyl groups excluding tert-OH is 1. The van der Waals surface area contributed by atoms with E-state index in [2.05, 4.69) is 60.4 Å². The average Bonchev–Trinajstić information content (AvgIpc) is 2.81. The third-order valence-electron chi connectivity index (χ3n) is 6.65. The van der Waals surface area contributed by atoms with Crippen LogP contribution in [0.25, 0.3) is 11.1 Å². The van der Waals surface area contributed by atoms with E-state index >= 15 is 0 Å². The lowest BCUT2D eigenvalue weighted by atomic mass is 9.73. The Kier molecular flexibility index (Phi) is 5.23. The molecule has 2 fully saturated rings. The normalized spacial score (nSPS) is 22.3. The Balaban J connectivity index is 1.38. The Bertz CT molecular complexity index is 1130. The fraction of sp³-hybridized carbons (Fsp3) is 0.269. The van der Waals surface area contributed by atoms with Crippen LogP contribution < -0.4 is 0 Å². The Morgan fingerprint density at radius 1 is 1.00 bits per heavy atom. The minimum absolute atomic E-state index is 0.0101. The Morgan fingerprint density at radius 2 is 1.62 bits per heavy atom. The van der Waals surface area contributed by atoms with E-state index in [1.165, 1.54) is 5.56 Å². The summed E-state index contributed by atoms with van der Waals surface area (Å²) >= 11 is 0. The van der Waals surface area contributed by atoms with Gasteiger partial charge < -0.3 is 14.9 Å². The first-order chi connectivity index (χ1) is 15.6. The van der Waals surface area contributed by atoms with Crippen LogP contribution in [-0.2, 0) is 4.79 Å². The molecule has 162 valence electrons. The fourth-order valence-electron chi connectivity index (χ4n) is 4.98. The van der Waals surface area contributed by atoms with Crippen LogP contribution in [0, 0.1) is 6.92 Å². The number of benzene rings is 2. The van der Waals surface area contributed by atoms with Gasteiger partial charge in [0.2, 0.25) is 5.91 Å². The number of aromatic nitrogens is 1. The Morgan fingerprint density at radius 3 is 2.25 bits per heavy atom. The first-order valence-electron chi connectivity index (χ1n) is 10.8. The zero-order valence-corrected chi connectivity index (χ0v) is 17.9. The molecule has 0 spiro atoms. The van der Waals surface area contributed by atoms with Crippen molar-refractivity contribution in [2.24, 2.45) is 0 Å². The molecule has 2 aromatic carbocycles. The van der Waals surface area contributed by atoms with Gasteiger partial charge in [-0.25, -0.2) is 0 Å². The highest BCUT2D eigenvalue weighted by Crippen LogP contribution is 2.43. The number of hydrogen-bond donors (Lipinski definition) is 1. The summed E-state index contributed by atoms with van der Waals surface area (Å²) in [5.74, 6) is -0.291. The standard InChI is InChI=1S/C26H25N3O3/c1-17-2-4-18(5-3-17)19-6-8-20(9-7-19)25-22-14-28(15-24(31)29(22)23(25)16-30)26(32)21-10-12-27-13-11-21/h2-13,22-23,25,30H,14-16H2,1H3/t22-,23-,25+/m1/s1. The van der Waals surface area contributed by atoms with Crippen molar-refractivity contribution in [1.29, 1.82) is 0 Å². The summed E-state index contributed by atoms with van der Waals surface area (Å²) in [5, 5.41) is 10.0. The van der Waals surface area contributed by atoms with Crippen molar-refractivity contribution in [2.45, 2.75) is 24.9 Å². The maximum atomic E-state index is 12.9. The number of piperazine rings is 1. The van der Waals surface area contributed by atoms with Gasteiger partial charge in [-0.3, -0.25) is 14.6 Å². The second-order valence-corrected chi connectivity index (χ2v) is 8.55. The molecule has 32 heavy (non-hydrogen) atoms. The van der Waals surface area contributed by atoms with E-state index in [0.717, 1.165) is 16.7 Å². The van der Waals surface area contributed by atoms with Crippen LogP contribution >= 0.6 is 0 Å². The topological polar surface area (TPSA) is 73.7 Å². The van der Waals surface area contributed by atoms with E-state index in [1.807, 2.05) is 0 Å². The van der Waals surface area contributed by atoms with Crippen molar-refractivity contribution in [1.82, 2.24) is 14.8 Å². The van der Waals surface area contributed by atoms with E-state index < -0.39 is 0 Å². The molecule has 2 amide bonds. The maximum absolute atomic E-state index is 12.9. The molecule has 3 atom stereocenters. The van der Waals surface area contributed by atoms with Gasteiger partial charge in [0.25, 0.3) is 5.91 Å². The number of hydrogen-bond acceptors (Lipinski definition) is 4. The second-order valence-electron chi connectivity index (χ2n) is 8.55. The van der Waals surface area contributed by atoms with Crippen LogP contribution in [0.2, 0.25) is 0 Å². The van der Waals surface area contributed by atoms with Crippen molar-refractivity contribution in [2.75, 3.05) is 19.7 Å². The van der Waals surface area contributed by atoms with E-state index in [4.69, 9.17) is 0 Å². The van der Waals surface area contributed by atoms with Crippen LogP contribution in [-0.4, -0.2) is 63.5 Å². The molecule has 1 aromatic heterocycles. The van der Waals surface area contributed by atoms with Crippen LogP contribution in [0.5, 0.6) is 0 Å². The molecule has 0 radical (unpaired) electrons. The molecule has 0 saturated carbocycles. The van der Waals surface area contributed by atoms with Gasteiger partial charge in [-0.05, 0) is 35.7 Å². The van der Waals surface area contributed by atoms with Gasteiger partial charge in [0.1, 0.15) is 6.54 Å². The van der Waals surface area contributed by atoms with Gasteiger partial charge in [-0.15, -0.1) is 0 Å². The lowest BCUT2D eigenvalue weighted by Gasteiger charge is -2.58. The molecule has 3 heterocycles. The summed E-state index contributed by atoms with van der Waals surface area (Å²) in [6.07, 6.45) is 3.16. The zero-order valence-electron chi connectivity index (χ0n) is 17.9. The van der Waals surface area contributed by atoms with Gasteiger partial charge in [0.05, 0.1) is 18.7 Å². The lowest BCUT2D eigenvalue weighted by molar-refractivity contribution is -0.159. The minimum atomic E-state index is -0.254. The van der Waals surface area contributed by atoms with Crippen LogP contribution in [0.1, 0.15) is 27.4 Å². The highest BCUT2D eigenvalue weighted by Gasteiger charge is 2.54. The number of carbonyl (C=O) groups is 2. The molecule has 0 bridgehead atoms. The highest BCUT2D eigenvalue weighted by atomic mass is 16.3. The Hall–Kier alpha value is -3.51. The smallest absolute Gasteiger partial charge is 0.254 e. The number of aliphatic hydroxyl groups is 1. The van der Waals surface area contributed by atoms with Gasteiger partial charge >= 0.3 is 0 Å². The van der Waals surface area contributed by atoms with Crippen molar-refractivity contribution < 1.29 is 14.7 Å². The summed E-state index contributed by atoms with van der Waals surface area (Å²) in [6.45, 7) is 2.46. The summed E-state index contributed by atoms with van der Waals surface area (Å²) in [5.41, 5.74) is 5.10. The predicted molar refractivity (Wildman–Crippen MR) is 121 cm³/mol. The van der Waals surface area contributed by atoms with Crippen molar-refractivity contribution in [3.05, 3.63) is 89.7 Å². The predicted octanol–water partition coefficient (Wildman–Crippen LogP) is 2.87. The first-order valence-corrected chi connectivity index (χ1v) is 10.8. The molecule has 6 heteroatoms. The van der Waals surface area contributed by atoms with Crippen LogP contribution in [0.4, 0.5) is 0 Å². The molecule has 2 aliphatic rings. The zero-order chi connectivity index (χ0) is 22.2. The number of aryl methyl sites for hydroxylation is 1. The number of pyridine rings is 1. The van der Waals surface area contributed by atoms with Gasteiger partial charge in [0.15, 0.2) is 0 Å². The molecule has 0 aliphatic carbocycles. The number of rotatable bonds is 4. The third kappa shape index (κ3) is 3.46. The number of carbonyl (C=O) groups excluding carboxylic acids is 2. The van der Waals surface area contributed by atoms with Gasteiger partial charge in [-0.1, -0.05) is 54.1 Å². The highest BCUT2D eigenvalue weighted by molar-refractivity contribution is 5.97. The van der Waals surface area contributed by atoms with Crippen molar-refractivity contribution >= 4 is 11.8 Å². The van der Waals surface area contributed by atoms with E-state index in [9.17, 15) is 14.7 Å². The third-order valence-corrected chi connectivity index (χ3v) is 6.65. The van der Waals surface area contributed by atoms with E-state index in [0.29, 0.717) is 12.1 Å². The molecule has 6 nitrogen and oxygen atoms in total. The Labute approximate surface area is 187 Å². The SMILES string of the molecule is Cc1ccc(-c2ccc([C@@H]3[C@@H](CO)N4C(=O)CN(C(=O)c5ccncc5)C[C@H]34)cc2)cc1. The monoisotopic (exact) mass is 427 g/mol.